The van der Waals surface area contributed by atoms with Crippen LogP contribution in [0.1, 0.15) is 33.1 Å². The Bertz CT molecular complexity index is 1190. The minimum Gasteiger partial charge on any atom is -0.360 e. The van der Waals surface area contributed by atoms with Crippen molar-refractivity contribution in [3.05, 3.63) is 71.0 Å². The summed E-state index contributed by atoms with van der Waals surface area (Å²) in [5, 5.41) is 13.0. The van der Waals surface area contributed by atoms with E-state index in [-0.39, 0.29) is 11.5 Å². The van der Waals surface area contributed by atoms with E-state index in [0.29, 0.717) is 16.5 Å². The number of aryl methyl sites for hydroxylation is 3. The van der Waals surface area contributed by atoms with Crippen molar-refractivity contribution in [1.82, 2.24) is 24.5 Å². The molecule has 0 spiro atoms. The standard InChI is InChI=1S/C21H21N5O2S/c1-13-7-5-6-8-18(13)25-12-22-23-21(25)29-11-19(27)17-9-14(2)26(16(17)4)20-10-15(3)28-24-20/h5-10,12H,11H2,1-4H3. The number of carbonyl (C=O) groups is 1. The number of para-hydroxylation sites is 1. The number of nitrogens with zero attached hydrogens (tertiary/aromatic N) is 5. The van der Waals surface area contributed by atoms with E-state index < -0.39 is 0 Å². The minimum atomic E-state index is 0.0360. The topological polar surface area (TPSA) is 78.7 Å². The van der Waals surface area contributed by atoms with E-state index >= 15 is 0 Å². The molecule has 4 aromatic rings. The zero-order valence-electron chi connectivity index (χ0n) is 16.7. The zero-order chi connectivity index (χ0) is 20.5. The molecule has 0 amide bonds. The maximum absolute atomic E-state index is 12.9. The van der Waals surface area contributed by atoms with Crippen molar-refractivity contribution in [2.45, 2.75) is 32.9 Å². The van der Waals surface area contributed by atoms with Crippen LogP contribution < -0.4 is 0 Å². The maximum atomic E-state index is 12.9. The Morgan fingerprint density at radius 3 is 2.66 bits per heavy atom. The van der Waals surface area contributed by atoms with Gasteiger partial charge in [-0.25, -0.2) is 0 Å². The first-order chi connectivity index (χ1) is 14.0. The fourth-order valence-electron chi connectivity index (χ4n) is 3.39. The van der Waals surface area contributed by atoms with Gasteiger partial charge in [0.15, 0.2) is 16.8 Å². The van der Waals surface area contributed by atoms with Crippen molar-refractivity contribution in [3.8, 4) is 11.5 Å². The number of aromatic nitrogens is 5. The lowest BCUT2D eigenvalue weighted by Gasteiger charge is -2.09. The summed E-state index contributed by atoms with van der Waals surface area (Å²) in [5.74, 6) is 1.72. The van der Waals surface area contributed by atoms with E-state index in [1.54, 1.807) is 6.33 Å². The number of Topliss-reactive ketones (excluding diaryl/α,β-unsaturated/α-hetero) is 1. The van der Waals surface area contributed by atoms with Gasteiger partial charge in [0.1, 0.15) is 12.1 Å². The van der Waals surface area contributed by atoms with Crippen LogP contribution in [0.25, 0.3) is 11.5 Å². The molecule has 29 heavy (non-hydrogen) atoms. The quantitative estimate of drug-likeness (QED) is 0.351. The van der Waals surface area contributed by atoms with Crippen molar-refractivity contribution in [2.24, 2.45) is 0 Å². The highest BCUT2D eigenvalue weighted by Crippen LogP contribution is 2.25. The largest absolute Gasteiger partial charge is 0.360 e. The van der Waals surface area contributed by atoms with E-state index in [1.807, 2.05) is 73.2 Å². The van der Waals surface area contributed by atoms with Crippen molar-refractivity contribution in [1.29, 1.82) is 0 Å². The smallest absolute Gasteiger partial charge is 0.196 e. The molecule has 1 aromatic carbocycles. The first-order valence-corrected chi connectivity index (χ1v) is 10.2. The van der Waals surface area contributed by atoms with Crippen molar-refractivity contribution >= 4 is 17.5 Å². The van der Waals surface area contributed by atoms with Crippen LogP contribution in [0.4, 0.5) is 0 Å². The highest BCUT2D eigenvalue weighted by molar-refractivity contribution is 7.99. The molecule has 0 bridgehead atoms. The summed E-state index contributed by atoms with van der Waals surface area (Å²) in [5.41, 5.74) is 4.59. The molecule has 0 aliphatic heterocycles. The first kappa shape index (κ1) is 19.2. The molecule has 0 unspecified atom stereocenters. The molecule has 7 nitrogen and oxygen atoms in total. The highest BCUT2D eigenvalue weighted by atomic mass is 32.2. The van der Waals surface area contributed by atoms with Crippen LogP contribution in [0.3, 0.4) is 0 Å². The highest BCUT2D eigenvalue weighted by Gasteiger charge is 2.19. The van der Waals surface area contributed by atoms with E-state index in [2.05, 4.69) is 15.4 Å². The number of hydrogen-bond donors (Lipinski definition) is 0. The van der Waals surface area contributed by atoms with Crippen molar-refractivity contribution in [2.75, 3.05) is 5.75 Å². The second-order valence-electron chi connectivity index (χ2n) is 6.90. The summed E-state index contributed by atoms with van der Waals surface area (Å²) < 4.78 is 9.03. The van der Waals surface area contributed by atoms with Crippen molar-refractivity contribution < 1.29 is 9.32 Å². The molecular weight excluding hydrogens is 386 g/mol. The molecular formula is C21H21N5O2S. The lowest BCUT2D eigenvalue weighted by molar-refractivity contribution is 0.102. The summed E-state index contributed by atoms with van der Waals surface area (Å²) >= 11 is 1.38. The van der Waals surface area contributed by atoms with Crippen LogP contribution in [-0.4, -0.2) is 36.0 Å². The molecule has 0 radical (unpaired) electrons. The molecule has 0 aliphatic carbocycles. The lowest BCUT2D eigenvalue weighted by Crippen LogP contribution is -2.07. The van der Waals surface area contributed by atoms with E-state index in [1.165, 1.54) is 11.8 Å². The fraction of sp³-hybridized carbons (Fsp3) is 0.238. The predicted molar refractivity (Wildman–Crippen MR) is 111 cm³/mol. The maximum Gasteiger partial charge on any atom is 0.196 e. The van der Waals surface area contributed by atoms with Gasteiger partial charge >= 0.3 is 0 Å². The molecule has 4 rings (SSSR count). The Labute approximate surface area is 172 Å². The Kier molecular flexibility index (Phi) is 5.10. The molecule has 0 N–H and O–H groups in total. The molecule has 8 heteroatoms. The predicted octanol–water partition coefficient (Wildman–Crippen LogP) is 4.25. The van der Waals surface area contributed by atoms with Gasteiger partial charge in [0.2, 0.25) is 0 Å². The van der Waals surface area contributed by atoms with Crippen LogP contribution in [0.5, 0.6) is 0 Å². The Balaban J connectivity index is 1.55. The average Bonchev–Trinajstić information content (AvgIpc) is 3.39. The second-order valence-corrected chi connectivity index (χ2v) is 7.84. The molecule has 0 aliphatic rings. The van der Waals surface area contributed by atoms with Gasteiger partial charge < -0.3 is 4.52 Å². The fourth-order valence-corrected chi connectivity index (χ4v) is 4.19. The lowest BCUT2D eigenvalue weighted by atomic mass is 10.2. The summed E-state index contributed by atoms with van der Waals surface area (Å²) in [7, 11) is 0. The van der Waals surface area contributed by atoms with Crippen LogP contribution >= 0.6 is 11.8 Å². The van der Waals surface area contributed by atoms with E-state index in [9.17, 15) is 4.79 Å². The number of carbonyl (C=O) groups excluding carboxylic acids is 1. The number of hydrogen-bond acceptors (Lipinski definition) is 6. The summed E-state index contributed by atoms with van der Waals surface area (Å²) in [6.45, 7) is 7.76. The Hall–Kier alpha value is -3.13. The summed E-state index contributed by atoms with van der Waals surface area (Å²) in [6, 6.07) is 11.8. The van der Waals surface area contributed by atoms with E-state index in [4.69, 9.17) is 4.52 Å². The van der Waals surface area contributed by atoms with Crippen LogP contribution in [-0.2, 0) is 0 Å². The number of thioether (sulfide) groups is 1. The Morgan fingerprint density at radius 1 is 1.14 bits per heavy atom. The minimum absolute atomic E-state index is 0.0360. The molecule has 0 fully saturated rings. The monoisotopic (exact) mass is 407 g/mol. The molecule has 3 aromatic heterocycles. The van der Waals surface area contributed by atoms with Crippen LogP contribution in [0, 0.1) is 27.7 Å². The van der Waals surface area contributed by atoms with Gasteiger partial charge in [0.25, 0.3) is 0 Å². The average molecular weight is 407 g/mol. The van der Waals surface area contributed by atoms with E-state index in [0.717, 1.165) is 28.4 Å². The molecule has 0 atom stereocenters. The van der Waals surface area contributed by atoms with Crippen molar-refractivity contribution in [3.63, 3.8) is 0 Å². The van der Waals surface area contributed by atoms with Gasteiger partial charge in [0, 0.05) is 23.0 Å². The third kappa shape index (κ3) is 3.63. The van der Waals surface area contributed by atoms with Gasteiger partial charge in [-0.1, -0.05) is 35.1 Å². The van der Waals surface area contributed by atoms with Gasteiger partial charge in [-0.2, -0.15) is 0 Å². The molecule has 148 valence electrons. The van der Waals surface area contributed by atoms with Gasteiger partial charge in [-0.15, -0.1) is 10.2 Å². The van der Waals surface area contributed by atoms with Gasteiger partial charge in [-0.3, -0.25) is 13.9 Å². The Morgan fingerprint density at radius 2 is 1.93 bits per heavy atom. The number of rotatable bonds is 6. The second kappa shape index (κ2) is 7.71. The van der Waals surface area contributed by atoms with Crippen LogP contribution in [0.15, 0.2) is 52.4 Å². The molecule has 3 heterocycles. The van der Waals surface area contributed by atoms with Gasteiger partial charge in [-0.05, 0) is 45.4 Å². The third-order valence-electron chi connectivity index (χ3n) is 4.80. The normalized spacial score (nSPS) is 11.2. The van der Waals surface area contributed by atoms with Gasteiger partial charge in [0.05, 0.1) is 11.4 Å². The number of ketones is 1. The molecule has 0 saturated carbocycles. The summed E-state index contributed by atoms with van der Waals surface area (Å²) in [4.78, 5) is 12.9. The third-order valence-corrected chi connectivity index (χ3v) is 5.74. The first-order valence-electron chi connectivity index (χ1n) is 9.20. The van der Waals surface area contributed by atoms with Crippen LogP contribution in [0.2, 0.25) is 0 Å². The summed E-state index contributed by atoms with van der Waals surface area (Å²) in [6.07, 6.45) is 1.67. The zero-order valence-corrected chi connectivity index (χ0v) is 17.5. The SMILES string of the molecule is Cc1cc(-n2c(C)cc(C(=O)CSc3nncn3-c3ccccc3C)c2C)no1. The molecule has 0 saturated heterocycles. The number of benzene rings is 1.